The van der Waals surface area contributed by atoms with E-state index in [-0.39, 0.29) is 17.6 Å². The lowest BCUT2D eigenvalue weighted by molar-refractivity contribution is 0.0743. The molecule has 3 heterocycles. The van der Waals surface area contributed by atoms with E-state index in [4.69, 9.17) is 0 Å². The summed E-state index contributed by atoms with van der Waals surface area (Å²) in [5.74, 6) is -0.281. The molecule has 0 bridgehead atoms. The molecule has 0 radical (unpaired) electrons. The third kappa shape index (κ3) is 3.71. The number of nitrogens with one attached hydrogen (secondary N) is 1. The van der Waals surface area contributed by atoms with Gasteiger partial charge in [0.25, 0.3) is 11.8 Å². The molecule has 0 aliphatic carbocycles. The molecule has 2 aromatic heterocycles. The van der Waals surface area contributed by atoms with Crippen LogP contribution in [-0.2, 0) is 0 Å². The van der Waals surface area contributed by atoms with Crippen molar-refractivity contribution in [2.24, 2.45) is 0 Å². The van der Waals surface area contributed by atoms with E-state index in [9.17, 15) is 9.59 Å². The molecule has 7 heteroatoms. The molecule has 1 N–H and O–H groups in total. The topological polar surface area (TPSA) is 70.0 Å². The van der Waals surface area contributed by atoms with Crippen molar-refractivity contribution in [2.45, 2.75) is 0 Å². The first-order valence-electron chi connectivity index (χ1n) is 9.64. The van der Waals surface area contributed by atoms with Gasteiger partial charge < -0.3 is 15.1 Å². The zero-order valence-corrected chi connectivity index (χ0v) is 16.1. The van der Waals surface area contributed by atoms with Crippen LogP contribution in [0.1, 0.15) is 21.1 Å². The van der Waals surface area contributed by atoms with Gasteiger partial charge in [-0.3, -0.25) is 14.0 Å². The van der Waals surface area contributed by atoms with Crippen molar-refractivity contribution < 1.29 is 9.59 Å². The lowest BCUT2D eigenvalue weighted by Gasteiger charge is -2.35. The Bertz CT molecular complexity index is 1040. The van der Waals surface area contributed by atoms with Crippen molar-refractivity contribution in [2.75, 3.05) is 37.6 Å². The number of rotatable bonds is 5. The number of fused-ring (bicyclic) bond motifs is 1. The predicted molar refractivity (Wildman–Crippen MR) is 112 cm³/mol. The van der Waals surface area contributed by atoms with E-state index in [0.29, 0.717) is 30.8 Å². The monoisotopic (exact) mass is 389 g/mol. The third-order valence-electron chi connectivity index (χ3n) is 5.05. The van der Waals surface area contributed by atoms with E-state index in [2.05, 4.69) is 33.9 Å². The maximum absolute atomic E-state index is 13.2. The highest BCUT2D eigenvalue weighted by Gasteiger charge is 2.27. The number of anilines is 1. The van der Waals surface area contributed by atoms with E-state index in [1.807, 2.05) is 36.4 Å². The summed E-state index contributed by atoms with van der Waals surface area (Å²) in [5, 5.41) is 2.72. The molecule has 148 valence electrons. The van der Waals surface area contributed by atoms with E-state index in [1.54, 1.807) is 21.6 Å². The van der Waals surface area contributed by atoms with Gasteiger partial charge in [-0.05, 0) is 24.3 Å². The SMILES string of the molecule is C=CCNC(=O)c1nc(C(=O)N2CCN(c3ccccc3)CC2)c2ccccn12. The summed E-state index contributed by atoms with van der Waals surface area (Å²) in [5.41, 5.74) is 2.10. The average Bonchev–Trinajstić information content (AvgIpc) is 3.17. The molecular weight excluding hydrogens is 366 g/mol. The van der Waals surface area contributed by atoms with Crippen molar-refractivity contribution in [3.05, 3.63) is 78.9 Å². The van der Waals surface area contributed by atoms with Crippen molar-refractivity contribution in [3.8, 4) is 0 Å². The van der Waals surface area contributed by atoms with Crippen LogP contribution in [0, 0.1) is 0 Å². The van der Waals surface area contributed by atoms with Crippen LogP contribution in [0.15, 0.2) is 67.4 Å². The Hall–Kier alpha value is -3.61. The van der Waals surface area contributed by atoms with E-state index < -0.39 is 0 Å². The second-order valence-corrected chi connectivity index (χ2v) is 6.85. The Morgan fingerprint density at radius 3 is 2.48 bits per heavy atom. The molecule has 1 aliphatic heterocycles. The van der Waals surface area contributed by atoms with Crippen molar-refractivity contribution in [1.82, 2.24) is 19.6 Å². The predicted octanol–water partition coefficient (Wildman–Crippen LogP) is 2.21. The van der Waals surface area contributed by atoms with Gasteiger partial charge >= 0.3 is 0 Å². The Labute approximate surface area is 169 Å². The molecule has 0 unspecified atom stereocenters. The number of para-hydroxylation sites is 1. The minimum atomic E-state index is -0.334. The highest BCUT2D eigenvalue weighted by Crippen LogP contribution is 2.19. The van der Waals surface area contributed by atoms with Crippen molar-refractivity contribution in [3.63, 3.8) is 0 Å². The average molecular weight is 389 g/mol. The zero-order valence-electron chi connectivity index (χ0n) is 16.1. The molecule has 2 amide bonds. The Balaban J connectivity index is 1.55. The van der Waals surface area contributed by atoms with Crippen LogP contribution < -0.4 is 10.2 Å². The van der Waals surface area contributed by atoms with Gasteiger partial charge in [-0.2, -0.15) is 0 Å². The summed E-state index contributed by atoms with van der Waals surface area (Å²) in [4.78, 5) is 34.1. The van der Waals surface area contributed by atoms with E-state index in [1.165, 1.54) is 0 Å². The fourth-order valence-corrected chi connectivity index (χ4v) is 3.56. The normalized spacial score (nSPS) is 14.1. The summed E-state index contributed by atoms with van der Waals surface area (Å²) in [6.07, 6.45) is 3.35. The Kier molecular flexibility index (Phi) is 5.29. The van der Waals surface area contributed by atoms with Crippen molar-refractivity contribution >= 4 is 23.0 Å². The molecule has 3 aromatic rings. The second kappa shape index (κ2) is 8.18. The number of amides is 2. The molecule has 29 heavy (non-hydrogen) atoms. The molecule has 0 spiro atoms. The Morgan fingerprint density at radius 2 is 1.76 bits per heavy atom. The zero-order chi connectivity index (χ0) is 20.2. The van der Waals surface area contributed by atoms with Gasteiger partial charge in [0.1, 0.15) is 0 Å². The van der Waals surface area contributed by atoms with Crippen LogP contribution >= 0.6 is 0 Å². The van der Waals surface area contributed by atoms with Crippen LogP contribution in [0.25, 0.3) is 5.52 Å². The standard InChI is InChI=1S/C22H23N5O2/c1-2-11-23-21(28)20-24-19(18-10-6-7-12-27(18)20)22(29)26-15-13-25(14-16-26)17-8-4-3-5-9-17/h2-10,12H,1,11,13-16H2,(H,23,28). The summed E-state index contributed by atoms with van der Waals surface area (Å²) >= 11 is 0. The smallest absolute Gasteiger partial charge is 0.287 e. The van der Waals surface area contributed by atoms with Gasteiger partial charge in [0.2, 0.25) is 5.82 Å². The number of imidazole rings is 1. The number of nitrogens with zero attached hydrogens (tertiary/aromatic N) is 4. The van der Waals surface area contributed by atoms with Gasteiger partial charge in [0, 0.05) is 44.6 Å². The third-order valence-corrected chi connectivity index (χ3v) is 5.05. The molecule has 4 rings (SSSR count). The quantitative estimate of drug-likeness (QED) is 0.680. The number of carbonyl (C=O) groups is 2. The van der Waals surface area contributed by atoms with Crippen LogP contribution in [-0.4, -0.2) is 58.8 Å². The molecule has 1 aromatic carbocycles. The van der Waals surface area contributed by atoms with Gasteiger partial charge in [-0.1, -0.05) is 30.3 Å². The van der Waals surface area contributed by atoms with Gasteiger partial charge in [-0.15, -0.1) is 6.58 Å². The van der Waals surface area contributed by atoms with Crippen LogP contribution in [0.4, 0.5) is 5.69 Å². The molecule has 0 saturated carbocycles. The summed E-state index contributed by atoms with van der Waals surface area (Å²) in [7, 11) is 0. The molecule has 1 aliphatic rings. The molecular formula is C22H23N5O2. The highest BCUT2D eigenvalue weighted by atomic mass is 16.2. The minimum absolute atomic E-state index is 0.149. The number of pyridine rings is 1. The molecule has 1 fully saturated rings. The van der Waals surface area contributed by atoms with Crippen LogP contribution in [0.5, 0.6) is 0 Å². The number of benzene rings is 1. The lowest BCUT2D eigenvalue weighted by atomic mass is 10.2. The first-order valence-corrected chi connectivity index (χ1v) is 9.64. The van der Waals surface area contributed by atoms with E-state index >= 15 is 0 Å². The largest absolute Gasteiger partial charge is 0.368 e. The van der Waals surface area contributed by atoms with Crippen molar-refractivity contribution in [1.29, 1.82) is 0 Å². The van der Waals surface area contributed by atoms with Gasteiger partial charge in [0.05, 0.1) is 5.52 Å². The summed E-state index contributed by atoms with van der Waals surface area (Å²) in [6.45, 7) is 6.68. The van der Waals surface area contributed by atoms with Gasteiger partial charge in [-0.25, -0.2) is 4.98 Å². The first kappa shape index (κ1) is 18.7. The number of aromatic nitrogens is 2. The minimum Gasteiger partial charge on any atom is -0.368 e. The van der Waals surface area contributed by atoms with Crippen LogP contribution in [0.2, 0.25) is 0 Å². The highest BCUT2D eigenvalue weighted by molar-refractivity contribution is 6.02. The second-order valence-electron chi connectivity index (χ2n) is 6.85. The van der Waals surface area contributed by atoms with E-state index in [0.717, 1.165) is 18.8 Å². The molecule has 1 saturated heterocycles. The molecule has 0 atom stereocenters. The number of piperazine rings is 1. The number of hydrogen-bond donors (Lipinski definition) is 1. The molecule has 7 nitrogen and oxygen atoms in total. The first-order chi connectivity index (χ1) is 14.2. The number of carbonyl (C=O) groups excluding carboxylic acids is 2. The fraction of sp³-hybridized carbons (Fsp3) is 0.227. The number of hydrogen-bond acceptors (Lipinski definition) is 4. The Morgan fingerprint density at radius 1 is 1.03 bits per heavy atom. The lowest BCUT2D eigenvalue weighted by Crippen LogP contribution is -2.49. The summed E-state index contributed by atoms with van der Waals surface area (Å²) in [6, 6.07) is 15.6. The maximum atomic E-state index is 13.2. The summed E-state index contributed by atoms with van der Waals surface area (Å²) < 4.78 is 1.66. The maximum Gasteiger partial charge on any atom is 0.287 e. The van der Waals surface area contributed by atoms with Gasteiger partial charge in [0.15, 0.2) is 5.69 Å². The fourth-order valence-electron chi connectivity index (χ4n) is 3.56. The van der Waals surface area contributed by atoms with Crippen LogP contribution in [0.3, 0.4) is 0 Å².